The van der Waals surface area contributed by atoms with E-state index in [0.717, 1.165) is 16.2 Å². The number of carbonyl (C=O) groups is 2. The number of hydrogen-bond acceptors (Lipinski definition) is 3. The lowest BCUT2D eigenvalue weighted by molar-refractivity contribution is -0.117. The Labute approximate surface area is 144 Å². The summed E-state index contributed by atoms with van der Waals surface area (Å²) in [5, 5.41) is 3.36. The average Bonchev–Trinajstić information content (AvgIpc) is 2.50. The molecule has 3 N–H and O–H groups in total. The molecule has 0 bridgehead atoms. The molecular formula is C17H17ClN2O2S. The first kappa shape index (κ1) is 17.4. The van der Waals surface area contributed by atoms with Crippen LogP contribution in [0, 0.1) is 0 Å². The zero-order valence-electron chi connectivity index (χ0n) is 12.6. The summed E-state index contributed by atoms with van der Waals surface area (Å²) in [6.07, 6.45) is 0.180. The van der Waals surface area contributed by atoms with Crippen molar-refractivity contribution in [3.8, 4) is 0 Å². The largest absolute Gasteiger partial charge is 0.369 e. The molecule has 120 valence electrons. The second kappa shape index (κ2) is 8.04. The topological polar surface area (TPSA) is 72.2 Å². The Morgan fingerprint density at radius 1 is 1.17 bits per heavy atom. The van der Waals surface area contributed by atoms with Crippen LogP contribution >= 0.6 is 23.4 Å². The molecule has 0 aliphatic heterocycles. The van der Waals surface area contributed by atoms with Crippen molar-refractivity contribution < 1.29 is 9.59 Å². The van der Waals surface area contributed by atoms with Crippen molar-refractivity contribution in [2.75, 3.05) is 11.1 Å². The molecule has 0 heterocycles. The van der Waals surface area contributed by atoms with Crippen LogP contribution in [0.4, 0.5) is 5.69 Å². The summed E-state index contributed by atoms with van der Waals surface area (Å²) >= 11 is 7.59. The van der Waals surface area contributed by atoms with Gasteiger partial charge in [-0.2, -0.15) is 0 Å². The number of hydrogen-bond donors (Lipinski definition) is 2. The van der Waals surface area contributed by atoms with Crippen LogP contribution in [0.5, 0.6) is 0 Å². The van der Waals surface area contributed by atoms with E-state index < -0.39 is 0 Å². The summed E-state index contributed by atoms with van der Waals surface area (Å²) in [6.45, 7) is 2.03. The Hall–Kier alpha value is -1.98. The Balaban J connectivity index is 2.15. The summed E-state index contributed by atoms with van der Waals surface area (Å²) in [6, 6.07) is 12.3. The quantitative estimate of drug-likeness (QED) is 0.781. The maximum Gasteiger partial charge on any atom is 0.256 e. The highest BCUT2D eigenvalue weighted by Gasteiger charge is 2.12. The standard InChI is InChI=1S/C17H17ClN2O2S/c1-2-23-15-8-5-12(18)10-14(15)17(22)20-13-6-3-11(4-7-13)9-16(19)21/h3-8,10H,2,9H2,1H3,(H2,19,21)(H,20,22). The first-order valence-corrected chi connectivity index (χ1v) is 8.47. The van der Waals surface area contributed by atoms with E-state index in [4.69, 9.17) is 17.3 Å². The van der Waals surface area contributed by atoms with Crippen LogP contribution < -0.4 is 11.1 Å². The lowest BCUT2D eigenvalue weighted by Gasteiger charge is -2.10. The Morgan fingerprint density at radius 3 is 2.48 bits per heavy atom. The highest BCUT2D eigenvalue weighted by Crippen LogP contribution is 2.26. The van der Waals surface area contributed by atoms with E-state index in [1.165, 1.54) is 0 Å². The van der Waals surface area contributed by atoms with Crippen molar-refractivity contribution in [1.29, 1.82) is 0 Å². The van der Waals surface area contributed by atoms with Crippen LogP contribution in [-0.2, 0) is 11.2 Å². The molecule has 2 aromatic carbocycles. The molecule has 0 spiro atoms. The lowest BCUT2D eigenvalue weighted by Crippen LogP contribution is -2.14. The number of thioether (sulfide) groups is 1. The van der Waals surface area contributed by atoms with Crippen molar-refractivity contribution in [3.63, 3.8) is 0 Å². The van der Waals surface area contributed by atoms with Crippen molar-refractivity contribution in [3.05, 3.63) is 58.6 Å². The monoisotopic (exact) mass is 348 g/mol. The SMILES string of the molecule is CCSc1ccc(Cl)cc1C(=O)Nc1ccc(CC(N)=O)cc1. The summed E-state index contributed by atoms with van der Waals surface area (Å²) in [4.78, 5) is 24.2. The molecule has 0 aromatic heterocycles. The lowest BCUT2D eigenvalue weighted by atomic mass is 10.1. The van der Waals surface area contributed by atoms with Gasteiger partial charge < -0.3 is 11.1 Å². The van der Waals surface area contributed by atoms with Crippen LogP contribution in [0.2, 0.25) is 5.02 Å². The predicted molar refractivity (Wildman–Crippen MR) is 95.1 cm³/mol. The van der Waals surface area contributed by atoms with Crippen LogP contribution in [-0.4, -0.2) is 17.6 Å². The van der Waals surface area contributed by atoms with Crippen molar-refractivity contribution in [1.82, 2.24) is 0 Å². The molecule has 2 aromatic rings. The molecule has 0 radical (unpaired) electrons. The van der Waals surface area contributed by atoms with Gasteiger partial charge in [0.2, 0.25) is 5.91 Å². The molecule has 4 nitrogen and oxygen atoms in total. The maximum absolute atomic E-state index is 12.5. The van der Waals surface area contributed by atoms with E-state index in [0.29, 0.717) is 16.3 Å². The molecule has 2 rings (SSSR count). The molecule has 0 saturated carbocycles. The van der Waals surface area contributed by atoms with Gasteiger partial charge >= 0.3 is 0 Å². The van der Waals surface area contributed by atoms with E-state index in [9.17, 15) is 9.59 Å². The van der Waals surface area contributed by atoms with Gasteiger partial charge in [0.15, 0.2) is 0 Å². The van der Waals surface area contributed by atoms with E-state index in [2.05, 4.69) is 5.32 Å². The van der Waals surface area contributed by atoms with Crippen molar-refractivity contribution in [2.24, 2.45) is 5.73 Å². The molecule has 0 unspecified atom stereocenters. The zero-order chi connectivity index (χ0) is 16.8. The number of halogens is 1. The second-order valence-corrected chi connectivity index (χ2v) is 6.61. The van der Waals surface area contributed by atoms with Crippen molar-refractivity contribution >= 4 is 40.9 Å². The van der Waals surface area contributed by atoms with Gasteiger partial charge in [-0.1, -0.05) is 30.7 Å². The summed E-state index contributed by atoms with van der Waals surface area (Å²) < 4.78 is 0. The first-order valence-electron chi connectivity index (χ1n) is 7.10. The molecule has 23 heavy (non-hydrogen) atoms. The summed E-state index contributed by atoms with van der Waals surface area (Å²) in [5.41, 5.74) is 7.16. The third-order valence-electron chi connectivity index (χ3n) is 3.08. The molecule has 2 amide bonds. The van der Waals surface area contributed by atoms with Gasteiger partial charge in [0.1, 0.15) is 0 Å². The van der Waals surface area contributed by atoms with Gasteiger partial charge in [0.25, 0.3) is 5.91 Å². The van der Waals surface area contributed by atoms with Crippen LogP contribution in [0.25, 0.3) is 0 Å². The minimum atomic E-state index is -0.387. The molecule has 0 atom stereocenters. The van der Waals surface area contributed by atoms with Gasteiger partial charge in [-0.25, -0.2) is 0 Å². The van der Waals surface area contributed by atoms with Gasteiger partial charge in [-0.3, -0.25) is 9.59 Å². The van der Waals surface area contributed by atoms with Crippen LogP contribution in [0.15, 0.2) is 47.4 Å². The highest BCUT2D eigenvalue weighted by molar-refractivity contribution is 7.99. The predicted octanol–water partition coefficient (Wildman–Crippen LogP) is 3.73. The minimum Gasteiger partial charge on any atom is -0.369 e. The van der Waals surface area contributed by atoms with E-state index >= 15 is 0 Å². The molecule has 0 aliphatic carbocycles. The summed E-state index contributed by atoms with van der Waals surface area (Å²) in [7, 11) is 0. The van der Waals surface area contributed by atoms with Crippen LogP contribution in [0.3, 0.4) is 0 Å². The Morgan fingerprint density at radius 2 is 1.87 bits per heavy atom. The highest BCUT2D eigenvalue weighted by atomic mass is 35.5. The van der Waals surface area contributed by atoms with Gasteiger partial charge in [-0.15, -0.1) is 11.8 Å². The number of anilines is 1. The van der Waals surface area contributed by atoms with E-state index in [1.807, 2.05) is 13.0 Å². The van der Waals surface area contributed by atoms with E-state index in [1.54, 1.807) is 48.2 Å². The number of nitrogens with one attached hydrogen (secondary N) is 1. The fourth-order valence-electron chi connectivity index (χ4n) is 2.07. The molecule has 0 fully saturated rings. The number of nitrogens with two attached hydrogens (primary N) is 1. The number of benzene rings is 2. The number of carbonyl (C=O) groups excluding carboxylic acids is 2. The maximum atomic E-state index is 12.5. The van der Waals surface area contributed by atoms with Gasteiger partial charge in [0.05, 0.1) is 12.0 Å². The molecule has 6 heteroatoms. The Bertz CT molecular complexity index is 717. The zero-order valence-corrected chi connectivity index (χ0v) is 14.2. The van der Waals surface area contributed by atoms with Crippen molar-refractivity contribution in [2.45, 2.75) is 18.2 Å². The molecule has 0 saturated heterocycles. The average molecular weight is 349 g/mol. The molecule has 0 aliphatic rings. The third-order valence-corrected chi connectivity index (χ3v) is 4.27. The number of primary amides is 1. The van der Waals surface area contributed by atoms with Gasteiger partial charge in [0, 0.05) is 15.6 Å². The smallest absolute Gasteiger partial charge is 0.256 e. The fraction of sp³-hybridized carbons (Fsp3) is 0.176. The molecular weight excluding hydrogens is 332 g/mol. The number of rotatable bonds is 6. The fourth-order valence-corrected chi connectivity index (χ4v) is 3.02. The third kappa shape index (κ3) is 5.01. The minimum absolute atomic E-state index is 0.180. The van der Waals surface area contributed by atoms with E-state index in [-0.39, 0.29) is 18.2 Å². The Kier molecular flexibility index (Phi) is 6.07. The van der Waals surface area contributed by atoms with Gasteiger partial charge in [-0.05, 0) is 41.6 Å². The van der Waals surface area contributed by atoms with Crippen LogP contribution in [0.1, 0.15) is 22.8 Å². The second-order valence-electron chi connectivity index (χ2n) is 4.87. The number of amides is 2. The normalized spacial score (nSPS) is 10.3. The first-order chi connectivity index (χ1) is 11.0. The summed E-state index contributed by atoms with van der Waals surface area (Å²) in [5.74, 6) is 0.261.